The summed E-state index contributed by atoms with van der Waals surface area (Å²) in [6, 6.07) is 10.2. The fraction of sp³-hybridized carbons (Fsp3) is 0.136. The molecular weight excluding hydrogens is 393 g/mol. The molecule has 0 saturated heterocycles. The van der Waals surface area contributed by atoms with Crippen molar-refractivity contribution in [2.75, 3.05) is 25.6 Å². The van der Waals surface area contributed by atoms with Gasteiger partial charge in [-0.25, -0.2) is 23.1 Å². The van der Waals surface area contributed by atoms with Gasteiger partial charge in [0.2, 0.25) is 0 Å². The molecule has 0 bridgehead atoms. The lowest BCUT2D eigenvalue weighted by molar-refractivity contribution is 0.419. The highest BCUT2D eigenvalue weighted by Gasteiger charge is 2.17. The maximum absolute atomic E-state index is 14.4. The zero-order valence-electron chi connectivity index (χ0n) is 16.0. The monoisotopic (exact) mass is 410 g/mol. The van der Waals surface area contributed by atoms with E-state index in [2.05, 4.69) is 20.3 Å². The van der Waals surface area contributed by atoms with Crippen molar-refractivity contribution in [3.8, 4) is 28.3 Å². The van der Waals surface area contributed by atoms with Crippen LogP contribution in [0.3, 0.4) is 0 Å². The molecule has 0 atom stereocenters. The largest absolute Gasteiger partial charge is 0.494 e. The second-order valence-corrected chi connectivity index (χ2v) is 6.45. The standard InChI is InChI=1S/C22H17F3N4O/c1-30-19-10-14(16-5-4-15(24)11-18(16)25)9-17-20(19)28-21(13-3-2-7-26-12-13)29-22(17)27-8-6-23/h2-5,7,9-12H,6,8H2,1H3,(H,27,28,29). The van der Waals surface area contributed by atoms with E-state index in [-0.39, 0.29) is 12.1 Å². The zero-order valence-corrected chi connectivity index (χ0v) is 16.0. The molecule has 152 valence electrons. The lowest BCUT2D eigenvalue weighted by Crippen LogP contribution is -2.07. The van der Waals surface area contributed by atoms with Gasteiger partial charge < -0.3 is 10.1 Å². The second kappa shape index (κ2) is 8.36. The number of rotatable bonds is 6. The number of nitrogens with one attached hydrogen (secondary N) is 1. The molecular formula is C22H17F3N4O. The summed E-state index contributed by atoms with van der Waals surface area (Å²) in [5.74, 6) is -0.237. The van der Waals surface area contributed by atoms with Crippen molar-refractivity contribution in [3.63, 3.8) is 0 Å². The molecule has 1 N–H and O–H groups in total. The topological polar surface area (TPSA) is 59.9 Å². The Bertz CT molecular complexity index is 1200. The van der Waals surface area contributed by atoms with Gasteiger partial charge in [-0.2, -0.15) is 0 Å². The van der Waals surface area contributed by atoms with E-state index in [0.717, 1.165) is 6.07 Å². The van der Waals surface area contributed by atoms with Gasteiger partial charge in [0.1, 0.15) is 35.4 Å². The number of methoxy groups -OCH3 is 1. The average molecular weight is 410 g/mol. The van der Waals surface area contributed by atoms with Crippen molar-refractivity contribution < 1.29 is 17.9 Å². The van der Waals surface area contributed by atoms with Gasteiger partial charge in [-0.3, -0.25) is 4.98 Å². The van der Waals surface area contributed by atoms with Crippen LogP contribution in [0.4, 0.5) is 19.0 Å². The normalized spacial score (nSPS) is 10.9. The molecule has 8 heteroatoms. The highest BCUT2D eigenvalue weighted by molar-refractivity contribution is 5.97. The summed E-state index contributed by atoms with van der Waals surface area (Å²) in [6.07, 6.45) is 3.26. The fourth-order valence-electron chi connectivity index (χ4n) is 3.16. The molecule has 0 aliphatic heterocycles. The molecule has 30 heavy (non-hydrogen) atoms. The highest BCUT2D eigenvalue weighted by atomic mass is 19.1. The van der Waals surface area contributed by atoms with Gasteiger partial charge in [-0.15, -0.1) is 0 Å². The third kappa shape index (κ3) is 3.76. The highest BCUT2D eigenvalue weighted by Crippen LogP contribution is 2.36. The summed E-state index contributed by atoms with van der Waals surface area (Å²) < 4.78 is 46.1. The molecule has 0 fully saturated rings. The van der Waals surface area contributed by atoms with E-state index in [1.54, 1.807) is 30.6 Å². The number of pyridine rings is 1. The maximum Gasteiger partial charge on any atom is 0.163 e. The van der Waals surface area contributed by atoms with Crippen LogP contribution in [0.15, 0.2) is 54.9 Å². The number of alkyl halides is 1. The van der Waals surface area contributed by atoms with E-state index in [1.165, 1.54) is 19.2 Å². The van der Waals surface area contributed by atoms with Crippen molar-refractivity contribution in [1.29, 1.82) is 0 Å². The van der Waals surface area contributed by atoms with Gasteiger partial charge in [0, 0.05) is 41.5 Å². The van der Waals surface area contributed by atoms with Gasteiger partial charge in [0.05, 0.1) is 7.11 Å². The number of aromatic nitrogens is 3. The summed E-state index contributed by atoms with van der Waals surface area (Å²) in [4.78, 5) is 13.2. The van der Waals surface area contributed by atoms with Crippen molar-refractivity contribution >= 4 is 16.7 Å². The van der Waals surface area contributed by atoms with Gasteiger partial charge in [0.15, 0.2) is 5.82 Å². The van der Waals surface area contributed by atoms with Crippen molar-refractivity contribution in [2.45, 2.75) is 0 Å². The summed E-state index contributed by atoms with van der Waals surface area (Å²) in [7, 11) is 1.47. The molecule has 5 nitrogen and oxygen atoms in total. The minimum Gasteiger partial charge on any atom is -0.494 e. The van der Waals surface area contributed by atoms with Crippen LogP contribution in [0, 0.1) is 11.6 Å². The van der Waals surface area contributed by atoms with Crippen LogP contribution >= 0.6 is 0 Å². The molecule has 0 unspecified atom stereocenters. The molecule has 2 aromatic heterocycles. The average Bonchev–Trinajstić information content (AvgIpc) is 2.77. The van der Waals surface area contributed by atoms with Crippen LogP contribution in [0.2, 0.25) is 0 Å². The number of benzene rings is 2. The van der Waals surface area contributed by atoms with E-state index in [0.29, 0.717) is 39.4 Å². The van der Waals surface area contributed by atoms with E-state index in [9.17, 15) is 13.2 Å². The first-order chi connectivity index (χ1) is 14.6. The molecule has 2 aromatic carbocycles. The summed E-state index contributed by atoms with van der Waals surface area (Å²) >= 11 is 0. The van der Waals surface area contributed by atoms with Gasteiger partial charge in [-0.1, -0.05) is 0 Å². The minimum absolute atomic E-state index is 0.0377. The van der Waals surface area contributed by atoms with Gasteiger partial charge in [0.25, 0.3) is 0 Å². The Labute approximate surface area is 170 Å². The van der Waals surface area contributed by atoms with Crippen LogP contribution in [-0.4, -0.2) is 35.3 Å². The van der Waals surface area contributed by atoms with E-state index in [1.807, 2.05) is 6.07 Å². The van der Waals surface area contributed by atoms with Crippen LogP contribution in [0.25, 0.3) is 33.4 Å². The molecule has 4 rings (SSSR count). The van der Waals surface area contributed by atoms with E-state index < -0.39 is 18.3 Å². The predicted octanol–water partition coefficient (Wildman–Crippen LogP) is 5.03. The molecule has 0 spiro atoms. The predicted molar refractivity (Wildman–Crippen MR) is 109 cm³/mol. The lowest BCUT2D eigenvalue weighted by Gasteiger charge is -2.14. The Morgan fingerprint density at radius 2 is 1.90 bits per heavy atom. The maximum atomic E-state index is 14.4. The van der Waals surface area contributed by atoms with Gasteiger partial charge in [-0.05, 0) is 42.0 Å². The van der Waals surface area contributed by atoms with Crippen LogP contribution < -0.4 is 10.1 Å². The number of halogens is 3. The molecule has 0 aliphatic carbocycles. The fourth-order valence-corrected chi connectivity index (χ4v) is 3.16. The Morgan fingerprint density at radius 1 is 1.03 bits per heavy atom. The van der Waals surface area contributed by atoms with E-state index >= 15 is 0 Å². The minimum atomic E-state index is -0.706. The van der Waals surface area contributed by atoms with Crippen LogP contribution in [0.1, 0.15) is 0 Å². The quantitative estimate of drug-likeness (QED) is 0.483. The number of hydrogen-bond acceptors (Lipinski definition) is 5. The summed E-state index contributed by atoms with van der Waals surface area (Å²) in [6.45, 7) is -0.562. The number of fused-ring (bicyclic) bond motifs is 1. The van der Waals surface area contributed by atoms with Crippen molar-refractivity contribution in [2.24, 2.45) is 0 Å². The Kier molecular flexibility index (Phi) is 5.47. The molecule has 0 radical (unpaired) electrons. The molecule has 4 aromatic rings. The first kappa shape index (κ1) is 19.6. The smallest absolute Gasteiger partial charge is 0.163 e. The Hall–Kier alpha value is -3.68. The SMILES string of the molecule is COc1cc(-c2ccc(F)cc2F)cc2c(NCCF)nc(-c3cccnc3)nc12. The molecule has 0 saturated carbocycles. The molecule has 2 heterocycles. The van der Waals surface area contributed by atoms with Crippen LogP contribution in [0.5, 0.6) is 5.75 Å². The summed E-state index contributed by atoms with van der Waals surface area (Å²) in [5, 5.41) is 3.47. The van der Waals surface area contributed by atoms with Gasteiger partial charge >= 0.3 is 0 Å². The zero-order chi connectivity index (χ0) is 21.1. The Balaban J connectivity index is 1.97. The first-order valence-electron chi connectivity index (χ1n) is 9.16. The number of anilines is 1. The first-order valence-corrected chi connectivity index (χ1v) is 9.16. The number of ether oxygens (including phenoxy) is 1. The third-order valence-electron chi connectivity index (χ3n) is 4.53. The van der Waals surface area contributed by atoms with Crippen molar-refractivity contribution in [3.05, 3.63) is 66.5 Å². The third-order valence-corrected chi connectivity index (χ3v) is 4.53. The van der Waals surface area contributed by atoms with Crippen LogP contribution in [-0.2, 0) is 0 Å². The molecule has 0 amide bonds. The van der Waals surface area contributed by atoms with E-state index in [4.69, 9.17) is 4.74 Å². The number of nitrogens with zero attached hydrogens (tertiary/aromatic N) is 3. The number of hydrogen-bond donors (Lipinski definition) is 1. The van der Waals surface area contributed by atoms with Crippen molar-refractivity contribution in [1.82, 2.24) is 15.0 Å². The lowest BCUT2D eigenvalue weighted by atomic mass is 10.0. The summed E-state index contributed by atoms with van der Waals surface area (Å²) in [5.41, 5.74) is 1.81. The molecule has 0 aliphatic rings. The Morgan fingerprint density at radius 3 is 2.60 bits per heavy atom. The second-order valence-electron chi connectivity index (χ2n) is 6.45.